The van der Waals surface area contributed by atoms with Gasteiger partial charge in [-0.15, -0.1) is 0 Å². The van der Waals surface area contributed by atoms with E-state index in [-0.39, 0.29) is 5.91 Å². The van der Waals surface area contributed by atoms with E-state index in [1.807, 2.05) is 23.1 Å². The molecule has 1 N–H and O–H groups in total. The zero-order valence-corrected chi connectivity index (χ0v) is 13.0. The number of ether oxygens (including phenoxy) is 2. The molecule has 1 aliphatic heterocycles. The molecule has 1 aromatic rings. The number of nitrogens with one attached hydrogen (secondary N) is 1. The second-order valence-corrected chi connectivity index (χ2v) is 5.37. The minimum Gasteiger partial charge on any atom is -0.497 e. The van der Waals surface area contributed by atoms with Crippen molar-refractivity contribution in [3.8, 4) is 11.5 Å². The second kappa shape index (κ2) is 7.31. The van der Waals surface area contributed by atoms with Crippen LogP contribution in [0.15, 0.2) is 18.2 Å². The molecule has 21 heavy (non-hydrogen) atoms. The number of aryl methyl sites for hydroxylation is 1. The predicted octanol–water partition coefficient (Wildman–Crippen LogP) is 1.46. The molecule has 0 saturated carbocycles. The molecule has 1 fully saturated rings. The predicted molar refractivity (Wildman–Crippen MR) is 81.9 cm³/mol. The average molecular weight is 292 g/mol. The van der Waals surface area contributed by atoms with Gasteiger partial charge in [-0.05, 0) is 37.1 Å². The number of nitrogens with zero attached hydrogens (tertiary/aromatic N) is 1. The highest BCUT2D eigenvalue weighted by Gasteiger charge is 2.20. The van der Waals surface area contributed by atoms with Gasteiger partial charge in [-0.25, -0.2) is 0 Å². The Morgan fingerprint density at radius 3 is 2.86 bits per heavy atom. The van der Waals surface area contributed by atoms with Crippen LogP contribution in [0.4, 0.5) is 0 Å². The smallest absolute Gasteiger partial charge is 0.223 e. The summed E-state index contributed by atoms with van der Waals surface area (Å²) in [5.41, 5.74) is 1.01. The summed E-state index contributed by atoms with van der Waals surface area (Å²) in [7, 11) is 3.28. The number of carbonyl (C=O) groups is 1. The molecular weight excluding hydrogens is 268 g/mol. The van der Waals surface area contributed by atoms with Gasteiger partial charge in [0.2, 0.25) is 5.91 Å². The molecule has 0 spiro atoms. The minimum atomic E-state index is 0.202. The fourth-order valence-electron chi connectivity index (χ4n) is 2.64. The molecule has 116 valence electrons. The van der Waals surface area contributed by atoms with Crippen molar-refractivity contribution < 1.29 is 14.3 Å². The first kappa shape index (κ1) is 15.6. The average Bonchev–Trinajstić information content (AvgIpc) is 2.52. The number of methoxy groups -OCH3 is 2. The van der Waals surface area contributed by atoms with Gasteiger partial charge in [0.05, 0.1) is 14.2 Å². The molecule has 2 rings (SSSR count). The summed E-state index contributed by atoms with van der Waals surface area (Å²) in [6.45, 7) is 4.55. The summed E-state index contributed by atoms with van der Waals surface area (Å²) in [5.74, 6) is 1.79. The number of hydrogen-bond donors (Lipinski definition) is 1. The van der Waals surface area contributed by atoms with Crippen molar-refractivity contribution in [1.29, 1.82) is 0 Å². The summed E-state index contributed by atoms with van der Waals surface area (Å²) >= 11 is 0. The van der Waals surface area contributed by atoms with E-state index in [1.54, 1.807) is 14.2 Å². The Bertz CT molecular complexity index is 490. The number of amides is 1. The molecule has 1 aromatic carbocycles. The Morgan fingerprint density at radius 2 is 2.19 bits per heavy atom. The third kappa shape index (κ3) is 4.11. The van der Waals surface area contributed by atoms with E-state index >= 15 is 0 Å². The fourth-order valence-corrected chi connectivity index (χ4v) is 2.64. The summed E-state index contributed by atoms with van der Waals surface area (Å²) < 4.78 is 10.6. The third-order valence-electron chi connectivity index (χ3n) is 3.82. The van der Waals surface area contributed by atoms with Crippen LogP contribution >= 0.6 is 0 Å². The molecule has 1 atom stereocenters. The van der Waals surface area contributed by atoms with Gasteiger partial charge in [0, 0.05) is 32.1 Å². The Balaban J connectivity index is 1.97. The second-order valence-electron chi connectivity index (χ2n) is 5.37. The van der Waals surface area contributed by atoms with E-state index in [2.05, 4.69) is 12.2 Å². The maximum absolute atomic E-state index is 12.3. The molecule has 1 heterocycles. The standard InChI is InChI=1S/C16H24N2O3/c1-12-11-18(9-8-17-12)16(19)7-4-13-10-14(20-2)5-6-15(13)21-3/h5-6,10,12,17H,4,7-9,11H2,1-3H3. The van der Waals surface area contributed by atoms with Crippen LogP contribution in [-0.2, 0) is 11.2 Å². The van der Waals surface area contributed by atoms with Crippen LogP contribution in [0.3, 0.4) is 0 Å². The van der Waals surface area contributed by atoms with Crippen LogP contribution in [0, 0.1) is 0 Å². The Morgan fingerprint density at radius 1 is 1.38 bits per heavy atom. The summed E-state index contributed by atoms with van der Waals surface area (Å²) in [5, 5.41) is 3.34. The zero-order chi connectivity index (χ0) is 15.2. The Kier molecular flexibility index (Phi) is 5.44. The van der Waals surface area contributed by atoms with E-state index < -0.39 is 0 Å². The Hall–Kier alpha value is -1.75. The van der Waals surface area contributed by atoms with Gasteiger partial charge in [-0.2, -0.15) is 0 Å². The summed E-state index contributed by atoms with van der Waals surface area (Å²) in [6, 6.07) is 6.05. The fraction of sp³-hybridized carbons (Fsp3) is 0.562. The normalized spacial score (nSPS) is 18.4. The molecule has 1 amide bonds. The van der Waals surface area contributed by atoms with Gasteiger partial charge in [0.15, 0.2) is 0 Å². The van der Waals surface area contributed by atoms with Gasteiger partial charge in [-0.1, -0.05) is 0 Å². The van der Waals surface area contributed by atoms with Crippen molar-refractivity contribution in [3.63, 3.8) is 0 Å². The van der Waals surface area contributed by atoms with E-state index in [4.69, 9.17) is 9.47 Å². The van der Waals surface area contributed by atoms with Crippen molar-refractivity contribution in [1.82, 2.24) is 10.2 Å². The van der Waals surface area contributed by atoms with Crippen LogP contribution in [0.5, 0.6) is 11.5 Å². The number of benzene rings is 1. The van der Waals surface area contributed by atoms with Crippen molar-refractivity contribution in [3.05, 3.63) is 23.8 Å². The highest BCUT2D eigenvalue weighted by Crippen LogP contribution is 2.25. The van der Waals surface area contributed by atoms with Crippen LogP contribution in [0.2, 0.25) is 0 Å². The zero-order valence-electron chi connectivity index (χ0n) is 13.0. The minimum absolute atomic E-state index is 0.202. The van der Waals surface area contributed by atoms with Crippen molar-refractivity contribution in [2.24, 2.45) is 0 Å². The lowest BCUT2D eigenvalue weighted by atomic mass is 10.1. The van der Waals surface area contributed by atoms with Gasteiger partial charge in [-0.3, -0.25) is 4.79 Å². The lowest BCUT2D eigenvalue weighted by Gasteiger charge is -2.32. The van der Waals surface area contributed by atoms with Gasteiger partial charge in [0.1, 0.15) is 11.5 Å². The van der Waals surface area contributed by atoms with Crippen molar-refractivity contribution in [2.45, 2.75) is 25.8 Å². The number of piperazine rings is 1. The lowest BCUT2D eigenvalue weighted by molar-refractivity contribution is -0.132. The highest BCUT2D eigenvalue weighted by molar-refractivity contribution is 5.76. The van der Waals surface area contributed by atoms with Crippen LogP contribution in [0.25, 0.3) is 0 Å². The topological polar surface area (TPSA) is 50.8 Å². The van der Waals surface area contributed by atoms with E-state index in [0.29, 0.717) is 18.9 Å². The largest absolute Gasteiger partial charge is 0.497 e. The molecule has 5 heteroatoms. The number of hydrogen-bond acceptors (Lipinski definition) is 4. The van der Waals surface area contributed by atoms with Gasteiger partial charge in [0.25, 0.3) is 0 Å². The molecule has 5 nitrogen and oxygen atoms in total. The SMILES string of the molecule is COc1ccc(OC)c(CCC(=O)N2CCNC(C)C2)c1. The summed E-state index contributed by atoms with van der Waals surface area (Å²) in [6.07, 6.45) is 1.16. The van der Waals surface area contributed by atoms with Gasteiger partial charge >= 0.3 is 0 Å². The maximum atomic E-state index is 12.3. The molecule has 1 saturated heterocycles. The third-order valence-corrected chi connectivity index (χ3v) is 3.82. The van der Waals surface area contributed by atoms with Gasteiger partial charge < -0.3 is 19.7 Å². The Labute approximate surface area is 126 Å². The van der Waals surface area contributed by atoms with Crippen molar-refractivity contribution >= 4 is 5.91 Å². The lowest BCUT2D eigenvalue weighted by Crippen LogP contribution is -2.51. The summed E-state index contributed by atoms with van der Waals surface area (Å²) in [4.78, 5) is 14.2. The van der Waals surface area contributed by atoms with E-state index in [1.165, 1.54) is 0 Å². The number of carbonyl (C=O) groups excluding carboxylic acids is 1. The van der Waals surface area contributed by atoms with Crippen LogP contribution in [0.1, 0.15) is 18.9 Å². The molecule has 0 bridgehead atoms. The molecular formula is C16H24N2O3. The quantitative estimate of drug-likeness (QED) is 0.892. The highest BCUT2D eigenvalue weighted by atomic mass is 16.5. The van der Waals surface area contributed by atoms with E-state index in [9.17, 15) is 4.79 Å². The monoisotopic (exact) mass is 292 g/mol. The maximum Gasteiger partial charge on any atom is 0.223 e. The molecule has 1 aliphatic rings. The first-order valence-electron chi connectivity index (χ1n) is 7.36. The molecule has 0 aromatic heterocycles. The van der Waals surface area contributed by atoms with Crippen molar-refractivity contribution in [2.75, 3.05) is 33.9 Å². The van der Waals surface area contributed by atoms with E-state index in [0.717, 1.165) is 36.7 Å². The molecule has 0 aliphatic carbocycles. The van der Waals surface area contributed by atoms with Crippen LogP contribution < -0.4 is 14.8 Å². The molecule has 0 radical (unpaired) electrons. The first-order valence-corrected chi connectivity index (χ1v) is 7.36. The molecule has 1 unspecified atom stereocenters. The van der Waals surface area contributed by atoms with Crippen LogP contribution in [-0.4, -0.2) is 50.7 Å². The first-order chi connectivity index (χ1) is 10.1. The number of rotatable bonds is 5.